The number of urea groups is 1. The van der Waals surface area contributed by atoms with Crippen LogP contribution in [-0.2, 0) is 0 Å². The average molecular weight is 300 g/mol. The van der Waals surface area contributed by atoms with Gasteiger partial charge in [0.15, 0.2) is 0 Å². The van der Waals surface area contributed by atoms with Crippen molar-refractivity contribution >= 4 is 11.7 Å². The molecule has 1 aliphatic rings. The lowest BCUT2D eigenvalue weighted by molar-refractivity contribution is 0.207. The molecular weight excluding hydrogens is 276 g/mol. The monoisotopic (exact) mass is 300 g/mol. The standard InChI is InChI=1S/C17H24N4O/c1-4-21(16-7-5-14(11-18)6-8-16)17(22)20(3)13-15-9-10-19(2)12-15/h5-8,15H,4,9-10,12-13H2,1-3H3. The fraction of sp³-hybridized carbons (Fsp3) is 0.529. The Morgan fingerprint density at radius 1 is 1.41 bits per heavy atom. The van der Waals surface area contributed by atoms with Crippen LogP contribution in [0, 0.1) is 17.2 Å². The largest absolute Gasteiger partial charge is 0.327 e. The minimum Gasteiger partial charge on any atom is -0.327 e. The zero-order valence-electron chi connectivity index (χ0n) is 13.6. The molecule has 5 nitrogen and oxygen atoms in total. The first-order valence-electron chi connectivity index (χ1n) is 7.76. The van der Waals surface area contributed by atoms with Crippen LogP contribution in [0.1, 0.15) is 18.9 Å². The normalized spacial score (nSPS) is 18.0. The number of hydrogen-bond donors (Lipinski definition) is 0. The maximum Gasteiger partial charge on any atom is 0.324 e. The molecule has 1 aromatic carbocycles. The maximum absolute atomic E-state index is 12.7. The Morgan fingerprint density at radius 2 is 2.09 bits per heavy atom. The van der Waals surface area contributed by atoms with Crippen molar-refractivity contribution in [1.82, 2.24) is 9.80 Å². The molecule has 5 heteroatoms. The van der Waals surface area contributed by atoms with Crippen molar-refractivity contribution in [3.05, 3.63) is 29.8 Å². The molecule has 2 amide bonds. The number of rotatable bonds is 4. The fourth-order valence-corrected chi connectivity index (χ4v) is 2.99. The van der Waals surface area contributed by atoms with E-state index in [9.17, 15) is 4.79 Å². The Hall–Kier alpha value is -2.06. The third kappa shape index (κ3) is 3.77. The maximum atomic E-state index is 12.7. The van der Waals surface area contributed by atoms with E-state index in [2.05, 4.69) is 18.0 Å². The summed E-state index contributed by atoms with van der Waals surface area (Å²) in [5.74, 6) is 0.554. The first-order valence-corrected chi connectivity index (χ1v) is 7.76. The molecule has 0 aromatic heterocycles. The van der Waals surface area contributed by atoms with Gasteiger partial charge in [-0.05, 0) is 57.1 Å². The van der Waals surface area contributed by atoms with Crippen molar-refractivity contribution in [3.63, 3.8) is 0 Å². The third-order valence-corrected chi connectivity index (χ3v) is 4.20. The zero-order chi connectivity index (χ0) is 16.1. The first kappa shape index (κ1) is 16.3. The molecule has 1 unspecified atom stereocenters. The van der Waals surface area contributed by atoms with Crippen LogP contribution in [0.25, 0.3) is 0 Å². The number of likely N-dealkylation sites (tertiary alicyclic amines) is 1. The molecule has 1 heterocycles. The van der Waals surface area contributed by atoms with Gasteiger partial charge in [0.1, 0.15) is 0 Å². The summed E-state index contributed by atoms with van der Waals surface area (Å²) in [5.41, 5.74) is 1.44. The van der Waals surface area contributed by atoms with Gasteiger partial charge < -0.3 is 9.80 Å². The summed E-state index contributed by atoms with van der Waals surface area (Å²) in [6, 6.07) is 9.27. The molecule has 1 saturated heterocycles. The molecule has 0 spiro atoms. The molecule has 118 valence electrons. The van der Waals surface area contributed by atoms with Gasteiger partial charge in [0.2, 0.25) is 0 Å². The van der Waals surface area contributed by atoms with E-state index in [0.29, 0.717) is 18.0 Å². The second-order valence-electron chi connectivity index (χ2n) is 5.98. The Balaban J connectivity index is 2.02. The highest BCUT2D eigenvalue weighted by atomic mass is 16.2. The Kier molecular flexibility index (Phi) is 5.40. The molecule has 0 saturated carbocycles. The van der Waals surface area contributed by atoms with E-state index in [1.807, 2.05) is 31.0 Å². The molecular formula is C17H24N4O. The fourth-order valence-electron chi connectivity index (χ4n) is 2.99. The topological polar surface area (TPSA) is 50.6 Å². The van der Waals surface area contributed by atoms with Crippen molar-refractivity contribution in [2.75, 3.05) is 45.2 Å². The van der Waals surface area contributed by atoms with Gasteiger partial charge in [-0.2, -0.15) is 5.26 Å². The van der Waals surface area contributed by atoms with E-state index >= 15 is 0 Å². The molecule has 0 N–H and O–H groups in total. The summed E-state index contributed by atoms with van der Waals surface area (Å²) in [6.45, 7) is 5.53. The highest BCUT2D eigenvalue weighted by Crippen LogP contribution is 2.19. The second-order valence-corrected chi connectivity index (χ2v) is 5.98. The number of hydrogen-bond acceptors (Lipinski definition) is 3. The van der Waals surface area contributed by atoms with Gasteiger partial charge in [0.05, 0.1) is 11.6 Å². The van der Waals surface area contributed by atoms with Crippen LogP contribution in [0.5, 0.6) is 0 Å². The molecule has 1 atom stereocenters. The van der Waals surface area contributed by atoms with Crippen LogP contribution in [0.4, 0.5) is 10.5 Å². The van der Waals surface area contributed by atoms with Gasteiger partial charge in [-0.15, -0.1) is 0 Å². The molecule has 2 rings (SSSR count). The molecule has 1 aliphatic heterocycles. The summed E-state index contributed by atoms with van der Waals surface area (Å²) >= 11 is 0. The minimum atomic E-state index is 0.0155. The van der Waals surface area contributed by atoms with Crippen molar-refractivity contribution in [2.45, 2.75) is 13.3 Å². The van der Waals surface area contributed by atoms with E-state index in [0.717, 1.165) is 31.7 Å². The molecule has 0 aliphatic carbocycles. The first-order chi connectivity index (χ1) is 10.5. The van der Waals surface area contributed by atoms with Crippen LogP contribution >= 0.6 is 0 Å². The van der Waals surface area contributed by atoms with Gasteiger partial charge in [-0.3, -0.25) is 4.90 Å². The lowest BCUT2D eigenvalue weighted by Crippen LogP contribution is -2.43. The Bertz CT molecular complexity index is 549. The van der Waals surface area contributed by atoms with E-state index in [1.165, 1.54) is 0 Å². The number of anilines is 1. The van der Waals surface area contributed by atoms with Crippen LogP contribution in [0.3, 0.4) is 0 Å². The zero-order valence-corrected chi connectivity index (χ0v) is 13.6. The van der Waals surface area contributed by atoms with Gasteiger partial charge in [-0.25, -0.2) is 4.79 Å². The average Bonchev–Trinajstić information content (AvgIpc) is 2.93. The lowest BCUT2D eigenvalue weighted by atomic mass is 10.1. The van der Waals surface area contributed by atoms with E-state index in [-0.39, 0.29) is 6.03 Å². The molecule has 22 heavy (non-hydrogen) atoms. The van der Waals surface area contributed by atoms with Gasteiger partial charge >= 0.3 is 6.03 Å². The second kappa shape index (κ2) is 7.28. The summed E-state index contributed by atoms with van der Waals surface area (Å²) in [5, 5.41) is 8.86. The van der Waals surface area contributed by atoms with E-state index < -0.39 is 0 Å². The minimum absolute atomic E-state index is 0.0155. The summed E-state index contributed by atoms with van der Waals surface area (Å²) < 4.78 is 0. The lowest BCUT2D eigenvalue weighted by Gasteiger charge is -2.29. The third-order valence-electron chi connectivity index (χ3n) is 4.20. The number of nitrogens with zero attached hydrogens (tertiary/aromatic N) is 4. The van der Waals surface area contributed by atoms with E-state index in [1.54, 1.807) is 17.0 Å². The summed E-state index contributed by atoms with van der Waals surface area (Å²) in [4.78, 5) is 18.5. The smallest absolute Gasteiger partial charge is 0.324 e. The highest BCUT2D eigenvalue weighted by Gasteiger charge is 2.25. The van der Waals surface area contributed by atoms with Crippen LogP contribution < -0.4 is 4.90 Å². The van der Waals surface area contributed by atoms with Crippen LogP contribution in [-0.4, -0.2) is 56.1 Å². The quantitative estimate of drug-likeness (QED) is 0.858. The molecule has 0 radical (unpaired) electrons. The molecule has 1 fully saturated rings. The van der Waals surface area contributed by atoms with Crippen LogP contribution in [0.15, 0.2) is 24.3 Å². The summed E-state index contributed by atoms with van der Waals surface area (Å²) in [6.07, 6.45) is 1.15. The van der Waals surface area contributed by atoms with E-state index in [4.69, 9.17) is 5.26 Å². The number of nitriles is 1. The number of carbonyl (C=O) groups is 1. The Morgan fingerprint density at radius 3 is 2.59 bits per heavy atom. The SMILES string of the molecule is CCN(C(=O)N(C)CC1CCN(C)C1)c1ccc(C#N)cc1. The summed E-state index contributed by atoms with van der Waals surface area (Å²) in [7, 11) is 3.99. The molecule has 0 bridgehead atoms. The van der Waals surface area contributed by atoms with Crippen molar-refractivity contribution in [3.8, 4) is 6.07 Å². The van der Waals surface area contributed by atoms with Crippen LogP contribution in [0.2, 0.25) is 0 Å². The van der Waals surface area contributed by atoms with Gasteiger partial charge in [0, 0.05) is 32.4 Å². The predicted octanol–water partition coefficient (Wildman–Crippen LogP) is 2.39. The number of amides is 2. The van der Waals surface area contributed by atoms with Crippen molar-refractivity contribution in [1.29, 1.82) is 5.26 Å². The Labute approximate surface area is 132 Å². The van der Waals surface area contributed by atoms with Gasteiger partial charge in [-0.1, -0.05) is 0 Å². The van der Waals surface area contributed by atoms with Crippen molar-refractivity contribution in [2.24, 2.45) is 5.92 Å². The predicted molar refractivity (Wildman–Crippen MR) is 87.8 cm³/mol. The number of benzene rings is 1. The van der Waals surface area contributed by atoms with Gasteiger partial charge in [0.25, 0.3) is 0 Å². The highest BCUT2D eigenvalue weighted by molar-refractivity contribution is 5.91. The van der Waals surface area contributed by atoms with Crippen molar-refractivity contribution < 1.29 is 4.79 Å². The molecule has 1 aromatic rings. The number of carbonyl (C=O) groups excluding carboxylic acids is 1.